The van der Waals surface area contributed by atoms with E-state index in [-0.39, 0.29) is 33.5 Å². The lowest BCUT2D eigenvalue weighted by molar-refractivity contribution is 0.332. The van der Waals surface area contributed by atoms with Crippen molar-refractivity contribution in [3.05, 3.63) is 238 Å². The number of ether oxygens (including phenoxy) is 2. The maximum Gasteiger partial charge on any atom is 0.267 e. The summed E-state index contributed by atoms with van der Waals surface area (Å²) in [4.78, 5) is 0.662. The summed E-state index contributed by atoms with van der Waals surface area (Å²) in [5, 5.41) is 0. The van der Waals surface area contributed by atoms with Gasteiger partial charge in [0, 0.05) is 46.4 Å². The normalized spacial score (nSPS) is 27.7. The molecule has 0 N–H and O–H groups in total. The van der Waals surface area contributed by atoms with Crippen LogP contribution in [0.5, 0.6) is 11.5 Å². The Bertz CT molecular complexity index is 3420. The number of aryl methyl sites for hydroxylation is 2. The van der Waals surface area contributed by atoms with Gasteiger partial charge in [0.15, 0.2) is 0 Å². The molecule has 4 saturated carbocycles. The van der Waals surface area contributed by atoms with E-state index in [4.69, 9.17) is 9.47 Å². The monoisotopic (exact) mass is 1020 g/mol. The van der Waals surface area contributed by atoms with Gasteiger partial charge in [0.1, 0.15) is 11.5 Å². The fourth-order valence-corrected chi connectivity index (χ4v) is 18.8. The molecular formula is C64H62N2O6S2. The number of fused-ring (bicyclic) bond motifs is 4. The second-order valence-electron chi connectivity index (χ2n) is 22.2. The summed E-state index contributed by atoms with van der Waals surface area (Å²) in [5.41, 5.74) is 11.6. The molecule has 10 heteroatoms. The van der Waals surface area contributed by atoms with E-state index >= 15 is 0 Å². The van der Waals surface area contributed by atoms with Gasteiger partial charge in [-0.1, -0.05) is 133 Å². The molecule has 376 valence electrons. The number of benzene rings is 6. The van der Waals surface area contributed by atoms with Crippen LogP contribution in [0.3, 0.4) is 0 Å². The number of rotatable bonds is 10. The summed E-state index contributed by atoms with van der Waals surface area (Å²) in [6.45, 7) is 3.94. The van der Waals surface area contributed by atoms with Crippen LogP contribution in [0.4, 0.5) is 0 Å². The minimum absolute atomic E-state index is 0.00378. The molecule has 0 saturated heterocycles. The van der Waals surface area contributed by atoms with E-state index < -0.39 is 20.0 Å². The molecule has 0 spiro atoms. The van der Waals surface area contributed by atoms with Gasteiger partial charge >= 0.3 is 0 Å². The summed E-state index contributed by atoms with van der Waals surface area (Å²) in [5.74, 6) is 3.17. The molecule has 8 atom stereocenters. The fourth-order valence-electron chi connectivity index (χ4n) is 16.3. The third-order valence-corrected chi connectivity index (χ3v) is 22.5. The summed E-state index contributed by atoms with van der Waals surface area (Å²) < 4.78 is 69.2. The fraction of sp³-hybridized carbons (Fsp3) is 0.312. The number of hydrogen-bond donors (Lipinski definition) is 0. The van der Waals surface area contributed by atoms with Gasteiger partial charge < -0.3 is 9.47 Å². The quantitative estimate of drug-likeness (QED) is 0.135. The zero-order chi connectivity index (χ0) is 50.8. The van der Waals surface area contributed by atoms with Crippen molar-refractivity contribution in [2.45, 2.75) is 109 Å². The molecule has 0 unspecified atom stereocenters. The minimum atomic E-state index is -3.69. The molecule has 0 aliphatic heterocycles. The molecule has 14 rings (SSSR count). The molecule has 4 fully saturated rings. The van der Waals surface area contributed by atoms with Gasteiger partial charge in [-0.15, -0.1) is 0 Å². The van der Waals surface area contributed by atoms with Crippen molar-refractivity contribution in [2.24, 2.45) is 11.8 Å². The lowest BCUT2D eigenvalue weighted by Crippen LogP contribution is -2.35. The molecule has 6 aromatic carbocycles. The maximum atomic E-state index is 13.8. The standard InChI is InChI=1S/2C32H31NO3S/c2*1-22-10-16-26(17-11-22)37(34,35)33-20-28-29(21-33)32(24-12-14-25(36-2)15-13-24)27(23-7-4-3-5-8-23)19-31(28)18-6-9-30(31)32/h2*3-5,7-8,10-17,20-21,27,30H,6,9,18-19H2,1-2H3/t2*27-,30-,31+,32-/m00/s1. The van der Waals surface area contributed by atoms with Gasteiger partial charge in [-0.3, -0.25) is 0 Å². The molecule has 6 aliphatic carbocycles. The molecule has 4 bridgehead atoms. The van der Waals surface area contributed by atoms with E-state index in [0.29, 0.717) is 21.6 Å². The van der Waals surface area contributed by atoms with Crippen molar-refractivity contribution in [2.75, 3.05) is 14.2 Å². The second kappa shape index (κ2) is 17.0. The van der Waals surface area contributed by atoms with Crippen LogP contribution in [-0.2, 0) is 41.7 Å². The number of nitrogens with zero attached hydrogens (tertiary/aromatic N) is 2. The van der Waals surface area contributed by atoms with Crippen LogP contribution in [0.2, 0.25) is 0 Å². The largest absolute Gasteiger partial charge is 0.497 e. The van der Waals surface area contributed by atoms with Gasteiger partial charge in [0.2, 0.25) is 0 Å². The summed E-state index contributed by atoms with van der Waals surface area (Å²) in [6.07, 6.45) is 16.8. The Morgan fingerprint density at radius 2 is 0.797 bits per heavy atom. The summed E-state index contributed by atoms with van der Waals surface area (Å²) in [6, 6.07) is 53.1. The van der Waals surface area contributed by atoms with E-state index in [1.54, 1.807) is 38.5 Å². The van der Waals surface area contributed by atoms with Gasteiger partial charge in [0.05, 0.1) is 24.0 Å². The minimum Gasteiger partial charge on any atom is -0.497 e. The Balaban J connectivity index is 0.000000143. The van der Waals surface area contributed by atoms with E-state index in [9.17, 15) is 16.8 Å². The molecule has 8 nitrogen and oxygen atoms in total. The zero-order valence-corrected chi connectivity index (χ0v) is 44.1. The first kappa shape index (κ1) is 47.1. The number of hydrogen-bond acceptors (Lipinski definition) is 6. The highest BCUT2D eigenvalue weighted by molar-refractivity contribution is 7.90. The lowest BCUT2D eigenvalue weighted by atomic mass is 9.62. The summed E-state index contributed by atoms with van der Waals surface area (Å²) in [7, 11) is -3.99. The molecule has 2 heterocycles. The molecule has 8 aromatic rings. The third kappa shape index (κ3) is 6.42. The van der Waals surface area contributed by atoms with Crippen LogP contribution in [0.1, 0.15) is 119 Å². The predicted molar refractivity (Wildman–Crippen MR) is 290 cm³/mol. The predicted octanol–water partition coefficient (Wildman–Crippen LogP) is 13.1. The molecule has 74 heavy (non-hydrogen) atoms. The van der Waals surface area contributed by atoms with Crippen molar-refractivity contribution in [3.8, 4) is 11.5 Å². The van der Waals surface area contributed by atoms with Gasteiger partial charge in [-0.25, -0.2) is 24.8 Å². The van der Waals surface area contributed by atoms with E-state index in [0.717, 1.165) is 61.2 Å². The first-order chi connectivity index (χ1) is 35.8. The highest BCUT2D eigenvalue weighted by Crippen LogP contribution is 2.78. The van der Waals surface area contributed by atoms with Crippen molar-refractivity contribution in [1.29, 1.82) is 0 Å². The maximum absolute atomic E-state index is 13.8. The van der Waals surface area contributed by atoms with Crippen LogP contribution < -0.4 is 9.47 Å². The van der Waals surface area contributed by atoms with Gasteiger partial charge in [-0.05, 0) is 169 Å². The van der Waals surface area contributed by atoms with Crippen molar-refractivity contribution < 1.29 is 26.3 Å². The lowest BCUT2D eigenvalue weighted by Gasteiger charge is -2.40. The second-order valence-corrected chi connectivity index (χ2v) is 25.9. The first-order valence-corrected chi connectivity index (χ1v) is 29.2. The van der Waals surface area contributed by atoms with Crippen molar-refractivity contribution >= 4 is 20.0 Å². The number of aromatic nitrogens is 2. The average Bonchev–Trinajstić information content (AvgIpc) is 4.34. The Morgan fingerprint density at radius 1 is 0.446 bits per heavy atom. The first-order valence-electron chi connectivity index (χ1n) is 26.3. The van der Waals surface area contributed by atoms with Crippen LogP contribution >= 0.6 is 0 Å². The van der Waals surface area contributed by atoms with Crippen LogP contribution in [0, 0.1) is 25.7 Å². The Hall–Kier alpha value is -6.62. The van der Waals surface area contributed by atoms with Gasteiger partial charge in [0.25, 0.3) is 20.0 Å². The SMILES string of the molecule is COc1ccc([C@]23c4cn(S(=O)(=O)c5ccc(C)cc5)cc4[C@@]4(CCC[C@@H]42)C[C@H]3c2ccccc2)cc1.COc1ccc([C@]23c4cn(S(=O)(=O)c5ccc(C)cc5)cc4[C@@]4(CCC[C@@H]42)C[C@H]3c2ccccc2)cc1. The zero-order valence-electron chi connectivity index (χ0n) is 42.4. The Kier molecular flexibility index (Phi) is 10.8. The Morgan fingerprint density at radius 3 is 1.15 bits per heavy atom. The van der Waals surface area contributed by atoms with Crippen molar-refractivity contribution in [3.63, 3.8) is 0 Å². The van der Waals surface area contributed by atoms with Gasteiger partial charge in [-0.2, -0.15) is 0 Å². The topological polar surface area (TPSA) is 96.6 Å². The molecule has 2 aromatic heterocycles. The highest BCUT2D eigenvalue weighted by atomic mass is 32.2. The van der Waals surface area contributed by atoms with Crippen LogP contribution in [0.15, 0.2) is 192 Å². The smallest absolute Gasteiger partial charge is 0.267 e. The van der Waals surface area contributed by atoms with E-state index in [2.05, 4.69) is 109 Å². The van der Waals surface area contributed by atoms with E-state index in [1.807, 2.05) is 62.9 Å². The van der Waals surface area contributed by atoms with Crippen molar-refractivity contribution in [1.82, 2.24) is 7.94 Å². The molecule has 0 radical (unpaired) electrons. The number of methoxy groups -OCH3 is 2. The Labute approximate surface area is 436 Å². The van der Waals surface area contributed by atoms with Crippen LogP contribution in [0.25, 0.3) is 0 Å². The van der Waals surface area contributed by atoms with E-state index in [1.165, 1.54) is 65.3 Å². The highest BCUT2D eigenvalue weighted by Gasteiger charge is 2.73. The third-order valence-electron chi connectivity index (χ3n) is 19.2. The molecule has 6 aliphatic rings. The van der Waals surface area contributed by atoms with Crippen LogP contribution in [-0.4, -0.2) is 39.0 Å². The average molecular weight is 1020 g/mol. The molecule has 0 amide bonds. The summed E-state index contributed by atoms with van der Waals surface area (Å²) >= 11 is 0. The molecular weight excluding hydrogens is 957 g/mol.